The molecule has 0 aromatic heterocycles. The third-order valence-electron chi connectivity index (χ3n) is 5.01. The van der Waals surface area contributed by atoms with Gasteiger partial charge in [0.15, 0.2) is 11.5 Å². The van der Waals surface area contributed by atoms with Crippen LogP contribution in [-0.4, -0.2) is 39.3 Å². The van der Waals surface area contributed by atoms with Crippen molar-refractivity contribution in [3.8, 4) is 17.2 Å². The van der Waals surface area contributed by atoms with Crippen LogP contribution in [0.15, 0.2) is 36.4 Å². The number of carbonyl (C=O) groups is 2. The molecule has 7 nitrogen and oxygen atoms in total. The van der Waals surface area contributed by atoms with Gasteiger partial charge >= 0.3 is 0 Å². The highest BCUT2D eigenvalue weighted by Crippen LogP contribution is 2.46. The van der Waals surface area contributed by atoms with Crippen molar-refractivity contribution in [2.75, 3.05) is 31.1 Å². The predicted octanol–water partition coefficient (Wildman–Crippen LogP) is 2.83. The molecule has 7 heteroatoms. The summed E-state index contributed by atoms with van der Waals surface area (Å²) in [6, 6.07) is 10.7. The van der Waals surface area contributed by atoms with Crippen molar-refractivity contribution in [1.82, 2.24) is 0 Å². The molecule has 140 valence electrons. The van der Waals surface area contributed by atoms with Gasteiger partial charge in [0, 0.05) is 12.0 Å². The van der Waals surface area contributed by atoms with Crippen molar-refractivity contribution in [3.63, 3.8) is 0 Å². The maximum Gasteiger partial charge on any atom is 0.260 e. The van der Waals surface area contributed by atoms with Gasteiger partial charge in [-0.1, -0.05) is 12.1 Å². The molecule has 2 aromatic carbocycles. The lowest BCUT2D eigenvalue weighted by Crippen LogP contribution is -2.43. The van der Waals surface area contributed by atoms with Crippen molar-refractivity contribution in [2.45, 2.75) is 19.0 Å². The number of rotatable bonds is 4. The second kappa shape index (κ2) is 6.50. The van der Waals surface area contributed by atoms with Gasteiger partial charge in [0.1, 0.15) is 6.17 Å². The second-order valence-electron chi connectivity index (χ2n) is 6.36. The van der Waals surface area contributed by atoms with E-state index in [1.165, 1.54) is 21.3 Å². The highest BCUT2D eigenvalue weighted by molar-refractivity contribution is 6.15. The lowest BCUT2D eigenvalue weighted by Gasteiger charge is -2.25. The Kier molecular flexibility index (Phi) is 4.14. The number of para-hydroxylation sites is 2. The van der Waals surface area contributed by atoms with E-state index in [9.17, 15) is 9.59 Å². The van der Waals surface area contributed by atoms with E-state index in [-0.39, 0.29) is 18.0 Å². The van der Waals surface area contributed by atoms with Crippen molar-refractivity contribution in [1.29, 1.82) is 0 Å². The molecule has 0 radical (unpaired) electrons. The lowest BCUT2D eigenvalue weighted by molar-refractivity contribution is -0.117. The van der Waals surface area contributed by atoms with Crippen molar-refractivity contribution in [2.24, 2.45) is 0 Å². The van der Waals surface area contributed by atoms with Gasteiger partial charge in [-0.25, -0.2) is 0 Å². The summed E-state index contributed by atoms with van der Waals surface area (Å²) in [6.07, 6.45) is 0.725. The van der Waals surface area contributed by atoms with Gasteiger partial charge in [0.2, 0.25) is 11.7 Å². The number of fused-ring (bicyclic) bond motifs is 3. The van der Waals surface area contributed by atoms with Crippen LogP contribution in [0.25, 0.3) is 0 Å². The number of hydrogen-bond acceptors (Lipinski definition) is 5. The smallest absolute Gasteiger partial charge is 0.260 e. The zero-order valence-corrected chi connectivity index (χ0v) is 15.4. The average Bonchev–Trinajstić information content (AvgIpc) is 3.23. The van der Waals surface area contributed by atoms with Crippen LogP contribution in [0, 0.1) is 0 Å². The van der Waals surface area contributed by atoms with Gasteiger partial charge in [-0.15, -0.1) is 0 Å². The van der Waals surface area contributed by atoms with E-state index >= 15 is 0 Å². The zero-order valence-electron chi connectivity index (χ0n) is 15.4. The van der Waals surface area contributed by atoms with E-state index in [1.807, 2.05) is 24.3 Å². The van der Waals surface area contributed by atoms with E-state index in [4.69, 9.17) is 14.2 Å². The Labute approximate surface area is 157 Å². The molecular formula is C20H20N2O5. The summed E-state index contributed by atoms with van der Waals surface area (Å²) in [5.41, 5.74) is 1.90. The number of benzene rings is 2. The molecule has 2 amide bonds. The topological polar surface area (TPSA) is 68.3 Å². The van der Waals surface area contributed by atoms with E-state index in [0.717, 1.165) is 11.4 Å². The molecule has 0 spiro atoms. The number of hydrogen-bond donors (Lipinski definition) is 0. The fraction of sp³-hybridized carbons (Fsp3) is 0.300. The fourth-order valence-electron chi connectivity index (χ4n) is 3.83. The molecule has 0 unspecified atom stereocenters. The maximum atomic E-state index is 13.4. The number of nitrogens with zero attached hydrogens (tertiary/aromatic N) is 2. The summed E-state index contributed by atoms with van der Waals surface area (Å²) >= 11 is 0. The minimum atomic E-state index is -0.304. The van der Waals surface area contributed by atoms with Gasteiger partial charge < -0.3 is 14.2 Å². The first-order chi connectivity index (χ1) is 13.1. The highest BCUT2D eigenvalue weighted by atomic mass is 16.5. The number of amides is 2. The Hall–Kier alpha value is -3.22. The number of ether oxygens (including phenoxy) is 3. The molecule has 1 fully saturated rings. The molecular weight excluding hydrogens is 348 g/mol. The molecule has 0 N–H and O–H groups in total. The fourth-order valence-corrected chi connectivity index (χ4v) is 3.83. The first kappa shape index (κ1) is 17.2. The molecule has 1 saturated heterocycles. The normalized spacial score (nSPS) is 17.6. The van der Waals surface area contributed by atoms with Crippen LogP contribution in [0.1, 0.15) is 23.2 Å². The second-order valence-corrected chi connectivity index (χ2v) is 6.36. The molecule has 2 aliphatic rings. The SMILES string of the molecule is COc1cc(C(=O)N2c3ccccc3N3C(=O)CC[C@H]32)cc(OC)c1OC. The summed E-state index contributed by atoms with van der Waals surface area (Å²) in [5, 5.41) is 0. The Morgan fingerprint density at radius 2 is 1.63 bits per heavy atom. The molecule has 0 aliphatic carbocycles. The van der Waals surface area contributed by atoms with Crippen LogP contribution in [0.4, 0.5) is 11.4 Å². The number of anilines is 2. The van der Waals surface area contributed by atoms with Crippen LogP contribution in [0.3, 0.4) is 0 Å². The number of methoxy groups -OCH3 is 3. The van der Waals surface area contributed by atoms with Crippen LogP contribution in [0.2, 0.25) is 0 Å². The minimum absolute atomic E-state index is 0.0349. The molecule has 0 saturated carbocycles. The van der Waals surface area contributed by atoms with Crippen LogP contribution in [-0.2, 0) is 4.79 Å². The van der Waals surface area contributed by atoms with Gasteiger partial charge in [-0.05, 0) is 30.7 Å². The third kappa shape index (κ3) is 2.50. The maximum absolute atomic E-state index is 13.4. The number of carbonyl (C=O) groups excluding carboxylic acids is 2. The quantitative estimate of drug-likeness (QED) is 0.830. The largest absolute Gasteiger partial charge is 0.493 e. The van der Waals surface area contributed by atoms with Crippen molar-refractivity contribution < 1.29 is 23.8 Å². The summed E-state index contributed by atoms with van der Waals surface area (Å²) in [7, 11) is 4.53. The van der Waals surface area contributed by atoms with Crippen LogP contribution in [0.5, 0.6) is 17.2 Å². The molecule has 2 aromatic rings. The van der Waals surface area contributed by atoms with E-state index in [1.54, 1.807) is 21.9 Å². The summed E-state index contributed by atoms with van der Waals surface area (Å²) in [4.78, 5) is 29.2. The third-order valence-corrected chi connectivity index (χ3v) is 5.01. The zero-order chi connectivity index (χ0) is 19.1. The minimum Gasteiger partial charge on any atom is -0.493 e. The van der Waals surface area contributed by atoms with E-state index < -0.39 is 0 Å². The van der Waals surface area contributed by atoms with Crippen LogP contribution >= 0.6 is 0 Å². The molecule has 1 atom stereocenters. The average molecular weight is 368 g/mol. The predicted molar refractivity (Wildman–Crippen MR) is 99.9 cm³/mol. The monoisotopic (exact) mass is 368 g/mol. The highest BCUT2D eigenvalue weighted by Gasteiger charge is 2.46. The molecule has 2 heterocycles. The van der Waals surface area contributed by atoms with Crippen molar-refractivity contribution in [3.05, 3.63) is 42.0 Å². The van der Waals surface area contributed by atoms with Crippen LogP contribution < -0.4 is 24.0 Å². The molecule has 0 bridgehead atoms. The summed E-state index contributed by atoms with van der Waals surface area (Å²) in [6.45, 7) is 0. The summed E-state index contributed by atoms with van der Waals surface area (Å²) in [5.74, 6) is 1.06. The first-order valence-electron chi connectivity index (χ1n) is 8.65. The Balaban J connectivity index is 1.80. The van der Waals surface area contributed by atoms with Gasteiger partial charge in [-0.3, -0.25) is 19.4 Å². The van der Waals surface area contributed by atoms with E-state index in [0.29, 0.717) is 35.7 Å². The molecule has 2 aliphatic heterocycles. The Morgan fingerprint density at radius 1 is 1.00 bits per heavy atom. The molecule has 27 heavy (non-hydrogen) atoms. The first-order valence-corrected chi connectivity index (χ1v) is 8.65. The van der Waals surface area contributed by atoms with E-state index in [2.05, 4.69) is 0 Å². The van der Waals surface area contributed by atoms with Gasteiger partial charge in [-0.2, -0.15) is 0 Å². The Morgan fingerprint density at radius 3 is 2.22 bits per heavy atom. The van der Waals surface area contributed by atoms with Gasteiger partial charge in [0.05, 0.1) is 32.7 Å². The lowest BCUT2D eigenvalue weighted by atomic mass is 10.1. The standard InChI is InChI=1S/C20H20N2O5/c1-25-15-10-12(11-16(26-2)19(15)27-3)20(24)22-14-7-5-4-6-13(14)21-17(22)8-9-18(21)23/h4-7,10-11,17H,8-9H2,1-3H3/t17-/m1/s1. The Bertz CT molecular complexity index is 901. The van der Waals surface area contributed by atoms with Gasteiger partial charge in [0.25, 0.3) is 5.91 Å². The molecule has 4 rings (SSSR count). The van der Waals surface area contributed by atoms with Crippen molar-refractivity contribution >= 4 is 23.2 Å². The summed E-state index contributed by atoms with van der Waals surface area (Å²) < 4.78 is 16.1.